The quantitative estimate of drug-likeness (QED) is 0.648. The average molecular weight is 251 g/mol. The van der Waals surface area contributed by atoms with Gasteiger partial charge in [-0.1, -0.05) is 13.3 Å². The summed E-state index contributed by atoms with van der Waals surface area (Å²) in [7, 11) is 1.97. The second-order valence-corrected chi connectivity index (χ2v) is 4.33. The molecule has 0 aliphatic rings. The maximum atomic E-state index is 5.65. The Morgan fingerprint density at radius 3 is 1.94 bits per heavy atom. The smallest absolute Gasteiger partial charge is 0.119 e. The molecule has 0 aliphatic carbocycles. The highest BCUT2D eigenvalue weighted by molar-refractivity contribution is 5.31. The van der Waals surface area contributed by atoms with Crippen LogP contribution >= 0.6 is 0 Å². The number of unbranched alkanes of at least 4 members (excludes halogenated alkanes) is 2. The summed E-state index contributed by atoms with van der Waals surface area (Å²) in [5.74, 6) is 1.84. The van der Waals surface area contributed by atoms with Gasteiger partial charge in [0.1, 0.15) is 11.5 Å². The van der Waals surface area contributed by atoms with Crippen molar-refractivity contribution in [3.63, 3.8) is 0 Å². The van der Waals surface area contributed by atoms with Crippen molar-refractivity contribution in [1.29, 1.82) is 0 Å². The molecule has 1 N–H and O–H groups in total. The van der Waals surface area contributed by atoms with Crippen molar-refractivity contribution in [2.45, 2.75) is 32.6 Å². The Bertz CT molecular complexity index is 298. The molecule has 0 aliphatic heterocycles. The van der Waals surface area contributed by atoms with Crippen molar-refractivity contribution < 1.29 is 9.47 Å². The zero-order valence-corrected chi connectivity index (χ0v) is 11.6. The molecule has 0 bridgehead atoms. The fourth-order valence-electron chi connectivity index (χ4n) is 1.56. The standard InChI is InChI=1S/C15H25NO2/c1-3-4-12-17-14-7-9-15(10-8-14)18-13-6-5-11-16-2/h7-10,16H,3-6,11-13H2,1-2H3. The maximum Gasteiger partial charge on any atom is 0.119 e. The van der Waals surface area contributed by atoms with Gasteiger partial charge in [-0.15, -0.1) is 0 Å². The first-order valence-corrected chi connectivity index (χ1v) is 6.87. The van der Waals surface area contributed by atoms with Crippen LogP contribution in [-0.4, -0.2) is 26.8 Å². The molecule has 102 valence electrons. The summed E-state index contributed by atoms with van der Waals surface area (Å²) in [6.07, 6.45) is 4.49. The summed E-state index contributed by atoms with van der Waals surface area (Å²) in [6.45, 7) is 4.78. The van der Waals surface area contributed by atoms with E-state index in [0.29, 0.717) is 0 Å². The first kappa shape index (κ1) is 14.8. The van der Waals surface area contributed by atoms with E-state index < -0.39 is 0 Å². The van der Waals surface area contributed by atoms with E-state index in [0.717, 1.165) is 56.9 Å². The molecule has 0 fully saturated rings. The third-order valence-corrected chi connectivity index (χ3v) is 2.68. The van der Waals surface area contributed by atoms with Crippen molar-refractivity contribution in [1.82, 2.24) is 5.32 Å². The van der Waals surface area contributed by atoms with Crippen molar-refractivity contribution in [3.8, 4) is 11.5 Å². The van der Waals surface area contributed by atoms with Crippen LogP contribution in [0.4, 0.5) is 0 Å². The van der Waals surface area contributed by atoms with Gasteiger partial charge in [0, 0.05) is 0 Å². The minimum atomic E-state index is 0.776. The predicted octanol–water partition coefficient (Wildman–Crippen LogP) is 3.24. The first-order chi connectivity index (χ1) is 8.86. The van der Waals surface area contributed by atoms with Crippen LogP contribution in [0.15, 0.2) is 24.3 Å². The van der Waals surface area contributed by atoms with Gasteiger partial charge in [-0.3, -0.25) is 0 Å². The van der Waals surface area contributed by atoms with Gasteiger partial charge in [-0.2, -0.15) is 0 Å². The normalized spacial score (nSPS) is 10.3. The predicted molar refractivity (Wildman–Crippen MR) is 75.5 cm³/mol. The lowest BCUT2D eigenvalue weighted by Gasteiger charge is -2.08. The molecule has 0 heterocycles. The Kier molecular flexibility index (Phi) is 8.06. The van der Waals surface area contributed by atoms with E-state index in [1.54, 1.807) is 0 Å². The highest BCUT2D eigenvalue weighted by atomic mass is 16.5. The second-order valence-electron chi connectivity index (χ2n) is 4.33. The summed E-state index contributed by atoms with van der Waals surface area (Å²) in [4.78, 5) is 0. The zero-order valence-electron chi connectivity index (χ0n) is 11.6. The molecule has 0 amide bonds. The summed E-state index contributed by atoms with van der Waals surface area (Å²) >= 11 is 0. The molecule has 0 aromatic heterocycles. The number of ether oxygens (including phenoxy) is 2. The monoisotopic (exact) mass is 251 g/mol. The molecule has 0 saturated carbocycles. The fourth-order valence-corrected chi connectivity index (χ4v) is 1.56. The van der Waals surface area contributed by atoms with Crippen molar-refractivity contribution in [2.24, 2.45) is 0 Å². The lowest BCUT2D eigenvalue weighted by Crippen LogP contribution is -2.09. The number of hydrogen-bond acceptors (Lipinski definition) is 3. The van der Waals surface area contributed by atoms with Crippen LogP contribution in [0.2, 0.25) is 0 Å². The molecular formula is C15H25NO2. The molecule has 0 radical (unpaired) electrons. The van der Waals surface area contributed by atoms with E-state index in [-0.39, 0.29) is 0 Å². The highest BCUT2D eigenvalue weighted by Gasteiger charge is 1.96. The number of rotatable bonds is 10. The van der Waals surface area contributed by atoms with Gasteiger partial charge in [0.05, 0.1) is 13.2 Å². The summed E-state index contributed by atoms with van der Waals surface area (Å²) in [5.41, 5.74) is 0. The molecule has 0 unspecified atom stereocenters. The Morgan fingerprint density at radius 1 is 0.889 bits per heavy atom. The largest absolute Gasteiger partial charge is 0.494 e. The minimum Gasteiger partial charge on any atom is -0.494 e. The molecule has 1 aromatic rings. The average Bonchev–Trinajstić information content (AvgIpc) is 2.40. The van der Waals surface area contributed by atoms with Crippen LogP contribution < -0.4 is 14.8 Å². The molecule has 0 saturated heterocycles. The Labute approximate surface area is 110 Å². The molecule has 1 rings (SSSR count). The SMILES string of the molecule is CCCCOc1ccc(OCCCCNC)cc1. The fraction of sp³-hybridized carbons (Fsp3) is 0.600. The van der Waals surface area contributed by atoms with Gasteiger partial charge in [0.2, 0.25) is 0 Å². The third kappa shape index (κ3) is 6.50. The van der Waals surface area contributed by atoms with E-state index in [4.69, 9.17) is 9.47 Å². The lowest BCUT2D eigenvalue weighted by molar-refractivity contribution is 0.299. The summed E-state index contributed by atoms with van der Waals surface area (Å²) in [6, 6.07) is 7.88. The highest BCUT2D eigenvalue weighted by Crippen LogP contribution is 2.18. The Hall–Kier alpha value is -1.22. The van der Waals surface area contributed by atoms with E-state index in [2.05, 4.69) is 12.2 Å². The van der Waals surface area contributed by atoms with Crippen LogP contribution in [0, 0.1) is 0 Å². The van der Waals surface area contributed by atoms with E-state index >= 15 is 0 Å². The van der Waals surface area contributed by atoms with Crippen LogP contribution in [0.1, 0.15) is 32.6 Å². The van der Waals surface area contributed by atoms with Crippen LogP contribution in [0.3, 0.4) is 0 Å². The first-order valence-electron chi connectivity index (χ1n) is 6.87. The van der Waals surface area contributed by atoms with Crippen LogP contribution in [0.25, 0.3) is 0 Å². The van der Waals surface area contributed by atoms with Crippen LogP contribution in [0.5, 0.6) is 11.5 Å². The maximum absolute atomic E-state index is 5.65. The van der Waals surface area contributed by atoms with Gasteiger partial charge in [-0.05, 0) is 57.1 Å². The van der Waals surface area contributed by atoms with E-state index in [9.17, 15) is 0 Å². The number of benzene rings is 1. The third-order valence-electron chi connectivity index (χ3n) is 2.68. The lowest BCUT2D eigenvalue weighted by atomic mass is 10.3. The van der Waals surface area contributed by atoms with Gasteiger partial charge in [0.25, 0.3) is 0 Å². The Balaban J connectivity index is 2.19. The molecule has 0 spiro atoms. The second kappa shape index (κ2) is 9.77. The molecule has 18 heavy (non-hydrogen) atoms. The van der Waals surface area contributed by atoms with Crippen LogP contribution in [-0.2, 0) is 0 Å². The zero-order chi connectivity index (χ0) is 13.1. The molecule has 3 nitrogen and oxygen atoms in total. The van der Waals surface area contributed by atoms with E-state index in [1.807, 2.05) is 31.3 Å². The molecular weight excluding hydrogens is 226 g/mol. The molecule has 3 heteroatoms. The number of hydrogen-bond donors (Lipinski definition) is 1. The summed E-state index contributed by atoms with van der Waals surface area (Å²) in [5, 5.41) is 3.13. The summed E-state index contributed by atoms with van der Waals surface area (Å²) < 4.78 is 11.2. The van der Waals surface area contributed by atoms with Gasteiger partial charge < -0.3 is 14.8 Å². The minimum absolute atomic E-state index is 0.776. The molecule has 1 aromatic carbocycles. The van der Waals surface area contributed by atoms with E-state index in [1.165, 1.54) is 0 Å². The number of nitrogens with one attached hydrogen (secondary N) is 1. The van der Waals surface area contributed by atoms with Crippen molar-refractivity contribution >= 4 is 0 Å². The van der Waals surface area contributed by atoms with Gasteiger partial charge >= 0.3 is 0 Å². The van der Waals surface area contributed by atoms with Gasteiger partial charge in [-0.25, -0.2) is 0 Å². The Morgan fingerprint density at radius 2 is 1.44 bits per heavy atom. The topological polar surface area (TPSA) is 30.5 Å². The van der Waals surface area contributed by atoms with Gasteiger partial charge in [0.15, 0.2) is 0 Å². The van der Waals surface area contributed by atoms with Crippen molar-refractivity contribution in [3.05, 3.63) is 24.3 Å². The van der Waals surface area contributed by atoms with Crippen molar-refractivity contribution in [2.75, 3.05) is 26.8 Å². The molecule has 0 atom stereocenters.